The number of amides is 3. The van der Waals surface area contributed by atoms with Gasteiger partial charge in [0, 0.05) is 6.20 Å². The van der Waals surface area contributed by atoms with Crippen molar-refractivity contribution in [1.29, 1.82) is 0 Å². The van der Waals surface area contributed by atoms with Gasteiger partial charge in [-0.1, -0.05) is 24.8 Å². The third kappa shape index (κ3) is 3.22. The molecule has 0 radical (unpaired) electrons. The second-order valence-corrected chi connectivity index (χ2v) is 4.45. The minimum absolute atomic E-state index is 0.233. The average Bonchev–Trinajstić information content (AvgIpc) is 2.79. The highest BCUT2D eigenvalue weighted by Crippen LogP contribution is 2.16. The zero-order valence-corrected chi connectivity index (χ0v) is 11.4. The number of aromatic nitrogens is 1. The molecule has 0 saturated carbocycles. The highest BCUT2D eigenvalue weighted by Gasteiger charge is 2.30. The largest absolute Gasteiger partial charge is 0.322 e. The molecule has 6 heteroatoms. The van der Waals surface area contributed by atoms with Crippen molar-refractivity contribution in [3.8, 4) is 0 Å². The average molecular weight is 287 g/mol. The smallest absolute Gasteiger partial charge is 0.322 e. The van der Waals surface area contributed by atoms with Crippen LogP contribution in [0.1, 0.15) is 12.6 Å². The van der Waals surface area contributed by atoms with E-state index in [-0.39, 0.29) is 5.69 Å². The molecule has 108 valence electrons. The number of imide groups is 1. The van der Waals surface area contributed by atoms with E-state index in [0.29, 0.717) is 11.1 Å². The minimum Gasteiger partial charge on any atom is -0.322 e. The van der Waals surface area contributed by atoms with Crippen molar-refractivity contribution in [2.45, 2.75) is 13.0 Å². The molecule has 2 N–H and O–H groups in total. The summed E-state index contributed by atoms with van der Waals surface area (Å²) < 4.78 is 13.6. The van der Waals surface area contributed by atoms with E-state index in [9.17, 15) is 14.0 Å². The summed E-state index contributed by atoms with van der Waals surface area (Å²) in [6.45, 7) is 5.32. The first-order chi connectivity index (χ1) is 10.0. The molecule has 0 spiro atoms. The van der Waals surface area contributed by atoms with Gasteiger partial charge in [-0.2, -0.15) is 0 Å². The fraction of sp³-hybridized carbons (Fsp3) is 0.133. The first kappa shape index (κ1) is 14.6. The van der Waals surface area contributed by atoms with Gasteiger partial charge in [0.1, 0.15) is 17.6 Å². The molecule has 1 aliphatic heterocycles. The second-order valence-electron chi connectivity index (χ2n) is 4.45. The predicted octanol–water partition coefficient (Wildman–Crippen LogP) is 1.94. The van der Waals surface area contributed by atoms with Gasteiger partial charge in [-0.15, -0.1) is 0 Å². The Balaban J connectivity index is 2.27. The SMILES string of the molecule is C=C/C(=C\C=C(/C)c1ncccc1F)C1NC(=O)NC1=O. The molecule has 0 aromatic carbocycles. The van der Waals surface area contributed by atoms with Gasteiger partial charge in [0.05, 0.1) is 0 Å². The van der Waals surface area contributed by atoms with Crippen LogP contribution in [0.15, 0.2) is 48.7 Å². The van der Waals surface area contributed by atoms with E-state index >= 15 is 0 Å². The monoisotopic (exact) mass is 287 g/mol. The highest BCUT2D eigenvalue weighted by molar-refractivity contribution is 6.06. The van der Waals surface area contributed by atoms with Gasteiger partial charge in [-0.3, -0.25) is 15.1 Å². The van der Waals surface area contributed by atoms with Crippen molar-refractivity contribution in [2.24, 2.45) is 0 Å². The van der Waals surface area contributed by atoms with E-state index in [1.807, 2.05) is 0 Å². The van der Waals surface area contributed by atoms with Crippen LogP contribution in [0.3, 0.4) is 0 Å². The maximum absolute atomic E-state index is 13.6. The van der Waals surface area contributed by atoms with Crippen LogP contribution >= 0.6 is 0 Å². The van der Waals surface area contributed by atoms with Crippen LogP contribution in [0.5, 0.6) is 0 Å². The zero-order chi connectivity index (χ0) is 15.4. The first-order valence-corrected chi connectivity index (χ1v) is 6.26. The van der Waals surface area contributed by atoms with Crippen molar-refractivity contribution in [2.75, 3.05) is 0 Å². The molecule has 1 unspecified atom stereocenters. The van der Waals surface area contributed by atoms with E-state index in [1.165, 1.54) is 24.4 Å². The molecule has 1 fully saturated rings. The molecule has 1 aliphatic rings. The molecule has 0 bridgehead atoms. The van der Waals surface area contributed by atoms with Gasteiger partial charge < -0.3 is 5.32 Å². The predicted molar refractivity (Wildman–Crippen MR) is 76.6 cm³/mol. The summed E-state index contributed by atoms with van der Waals surface area (Å²) in [5.41, 5.74) is 1.34. The Morgan fingerprint density at radius 1 is 1.43 bits per heavy atom. The van der Waals surface area contributed by atoms with Crippen LogP contribution in [0.2, 0.25) is 0 Å². The van der Waals surface area contributed by atoms with E-state index in [1.54, 1.807) is 19.1 Å². The van der Waals surface area contributed by atoms with Crippen LogP contribution in [-0.2, 0) is 4.79 Å². The van der Waals surface area contributed by atoms with Crippen LogP contribution in [0, 0.1) is 5.82 Å². The van der Waals surface area contributed by atoms with Crippen LogP contribution in [0.4, 0.5) is 9.18 Å². The number of pyridine rings is 1. The van der Waals surface area contributed by atoms with Crippen molar-refractivity contribution < 1.29 is 14.0 Å². The van der Waals surface area contributed by atoms with Crippen LogP contribution < -0.4 is 10.6 Å². The standard InChI is InChI=1S/C15H14FN3O2/c1-3-10(13-14(20)19-15(21)18-13)7-6-9(2)12-11(16)5-4-8-17-12/h3-8,13H,1H2,2H3,(H2,18,19,20,21)/b9-6+,10-7+. The Hall–Kier alpha value is -2.76. The molecule has 2 heterocycles. The molecule has 1 atom stereocenters. The number of urea groups is 1. The fourth-order valence-electron chi connectivity index (χ4n) is 1.91. The Kier molecular flexibility index (Phi) is 4.27. The topological polar surface area (TPSA) is 71.1 Å². The molecule has 21 heavy (non-hydrogen) atoms. The maximum atomic E-state index is 13.6. The summed E-state index contributed by atoms with van der Waals surface area (Å²) in [6.07, 6.45) is 6.19. The number of hydrogen-bond acceptors (Lipinski definition) is 3. The Morgan fingerprint density at radius 2 is 2.19 bits per heavy atom. The van der Waals surface area contributed by atoms with Gasteiger partial charge in [0.2, 0.25) is 0 Å². The van der Waals surface area contributed by atoms with E-state index in [0.717, 1.165) is 0 Å². The van der Waals surface area contributed by atoms with Crippen molar-refractivity contribution >= 4 is 17.5 Å². The van der Waals surface area contributed by atoms with Crippen molar-refractivity contribution in [3.05, 3.63) is 60.2 Å². The lowest BCUT2D eigenvalue weighted by molar-refractivity contribution is -0.119. The lowest BCUT2D eigenvalue weighted by atomic mass is 10.1. The Morgan fingerprint density at radius 3 is 2.76 bits per heavy atom. The van der Waals surface area contributed by atoms with Crippen molar-refractivity contribution in [1.82, 2.24) is 15.6 Å². The molecular weight excluding hydrogens is 273 g/mol. The second kappa shape index (κ2) is 6.13. The molecule has 1 aromatic heterocycles. The lowest BCUT2D eigenvalue weighted by Gasteiger charge is -2.07. The molecule has 5 nitrogen and oxygen atoms in total. The summed E-state index contributed by atoms with van der Waals surface area (Å²) >= 11 is 0. The molecule has 1 aromatic rings. The van der Waals surface area contributed by atoms with Gasteiger partial charge in [-0.25, -0.2) is 9.18 Å². The maximum Gasteiger partial charge on any atom is 0.322 e. The van der Waals surface area contributed by atoms with Gasteiger partial charge in [0.15, 0.2) is 0 Å². The van der Waals surface area contributed by atoms with Gasteiger partial charge >= 0.3 is 6.03 Å². The minimum atomic E-state index is -0.785. The Bertz CT molecular complexity index is 665. The molecule has 1 saturated heterocycles. The summed E-state index contributed by atoms with van der Waals surface area (Å²) in [4.78, 5) is 26.6. The molecule has 2 rings (SSSR count). The number of carbonyl (C=O) groups is 2. The summed E-state index contributed by atoms with van der Waals surface area (Å²) in [7, 11) is 0. The van der Waals surface area contributed by atoms with E-state index in [2.05, 4.69) is 22.2 Å². The molecular formula is C15H14FN3O2. The first-order valence-electron chi connectivity index (χ1n) is 6.26. The zero-order valence-electron chi connectivity index (χ0n) is 11.4. The third-order valence-corrected chi connectivity index (χ3v) is 3.00. The summed E-state index contributed by atoms with van der Waals surface area (Å²) in [5.74, 6) is -0.868. The normalized spacial score (nSPS) is 19.2. The van der Waals surface area contributed by atoms with Crippen LogP contribution in [0.25, 0.3) is 5.57 Å². The third-order valence-electron chi connectivity index (χ3n) is 3.00. The molecule has 0 aliphatic carbocycles. The van der Waals surface area contributed by atoms with Crippen molar-refractivity contribution in [3.63, 3.8) is 0 Å². The number of nitrogens with zero attached hydrogens (tertiary/aromatic N) is 1. The fourth-order valence-corrected chi connectivity index (χ4v) is 1.91. The number of rotatable bonds is 4. The van der Waals surface area contributed by atoms with Crippen LogP contribution in [-0.4, -0.2) is 23.0 Å². The number of nitrogens with one attached hydrogen (secondary N) is 2. The van der Waals surface area contributed by atoms with Gasteiger partial charge in [-0.05, 0) is 30.2 Å². The summed E-state index contributed by atoms with van der Waals surface area (Å²) in [6, 6.07) is 1.50. The number of allylic oxidation sites excluding steroid dienone is 3. The highest BCUT2D eigenvalue weighted by atomic mass is 19.1. The van der Waals surface area contributed by atoms with Gasteiger partial charge in [0.25, 0.3) is 5.91 Å². The molecule has 3 amide bonds. The number of hydrogen-bond donors (Lipinski definition) is 2. The number of halogens is 1. The quantitative estimate of drug-likeness (QED) is 0.656. The van der Waals surface area contributed by atoms with E-state index in [4.69, 9.17) is 0 Å². The lowest BCUT2D eigenvalue weighted by Crippen LogP contribution is -2.30. The number of carbonyl (C=O) groups excluding carboxylic acids is 2. The van der Waals surface area contributed by atoms with E-state index < -0.39 is 23.8 Å². The summed E-state index contributed by atoms with van der Waals surface area (Å²) in [5, 5.41) is 4.61. The Labute approximate surface area is 121 Å².